The number of hydrazine groups is 1. The first-order valence-electron chi connectivity index (χ1n) is 3.88. The lowest BCUT2D eigenvalue weighted by atomic mass is 10.3. The van der Waals surface area contributed by atoms with Crippen molar-refractivity contribution in [3.63, 3.8) is 0 Å². The molecule has 15 heavy (non-hydrogen) atoms. The second kappa shape index (κ2) is 5.27. The van der Waals surface area contributed by atoms with Crippen LogP contribution >= 0.6 is 0 Å². The smallest absolute Gasteiger partial charge is 0.362 e. The van der Waals surface area contributed by atoms with Gasteiger partial charge in [-0.25, -0.2) is 5.21 Å². The molecule has 78 valence electrons. The molecule has 0 aromatic carbocycles. The van der Waals surface area contributed by atoms with Crippen LogP contribution in [0, 0.1) is 4.91 Å². The van der Waals surface area contributed by atoms with Crippen LogP contribution in [0.15, 0.2) is 34.7 Å². The largest absolute Gasteiger partial charge is 0.364 e. The minimum atomic E-state index is -0.569. The number of nitrogens with one attached hydrogen (secondary N) is 1. The van der Waals surface area contributed by atoms with E-state index in [1.54, 1.807) is 30.0 Å². The minimum absolute atomic E-state index is 0.321. The Morgan fingerprint density at radius 1 is 1.60 bits per heavy atom. The Morgan fingerprint density at radius 3 is 2.87 bits per heavy atom. The van der Waals surface area contributed by atoms with Crippen molar-refractivity contribution in [1.29, 1.82) is 0 Å². The van der Waals surface area contributed by atoms with Gasteiger partial charge < -0.3 is 5.73 Å². The highest BCUT2D eigenvalue weighted by molar-refractivity contribution is 5.81. The molecule has 0 aliphatic carbocycles. The third-order valence-corrected chi connectivity index (χ3v) is 1.29. The molecule has 0 unspecified atom stereocenters. The van der Waals surface area contributed by atoms with Crippen LogP contribution in [0.2, 0.25) is 0 Å². The van der Waals surface area contributed by atoms with Gasteiger partial charge in [-0.2, -0.15) is 5.10 Å². The van der Waals surface area contributed by atoms with E-state index >= 15 is 0 Å². The van der Waals surface area contributed by atoms with Gasteiger partial charge in [0.1, 0.15) is 4.91 Å². The molecule has 0 amide bonds. The normalized spacial score (nSPS) is 11.6. The van der Waals surface area contributed by atoms with E-state index in [9.17, 15) is 4.91 Å². The fraction of sp³-hybridized carbons (Fsp3) is 0. The monoisotopic (exact) mass is 209 g/mol. The number of aromatic nitrogens is 1. The van der Waals surface area contributed by atoms with Gasteiger partial charge in [0.15, 0.2) is 0 Å². The van der Waals surface area contributed by atoms with E-state index in [-0.39, 0.29) is 5.96 Å². The number of pyridine rings is 1. The molecule has 0 aliphatic heterocycles. The highest BCUT2D eigenvalue weighted by Crippen LogP contribution is 1.90. The maximum atomic E-state index is 10.0. The van der Waals surface area contributed by atoms with Crippen LogP contribution in [0.5, 0.6) is 0 Å². The van der Waals surface area contributed by atoms with Gasteiger partial charge in [0, 0.05) is 12.4 Å². The van der Waals surface area contributed by atoms with E-state index in [4.69, 9.17) is 10.9 Å². The van der Waals surface area contributed by atoms with Crippen molar-refractivity contribution in [2.45, 2.75) is 0 Å². The van der Waals surface area contributed by atoms with E-state index in [1.165, 1.54) is 6.21 Å². The summed E-state index contributed by atoms with van der Waals surface area (Å²) in [5.41, 5.74) is 7.70. The van der Waals surface area contributed by atoms with Crippen molar-refractivity contribution >= 4 is 12.2 Å². The molecule has 1 heterocycles. The van der Waals surface area contributed by atoms with Gasteiger partial charge in [-0.3, -0.25) is 4.98 Å². The van der Waals surface area contributed by atoms with E-state index in [0.29, 0.717) is 0 Å². The number of nitrogens with two attached hydrogens (primary N) is 1. The Labute approximate surface area is 84.7 Å². The first-order chi connectivity index (χ1) is 7.18. The third kappa shape index (κ3) is 4.31. The summed E-state index contributed by atoms with van der Waals surface area (Å²) in [4.78, 5) is 13.8. The third-order valence-electron chi connectivity index (χ3n) is 1.29. The molecule has 0 aliphatic rings. The van der Waals surface area contributed by atoms with Crippen molar-refractivity contribution < 1.29 is 10.2 Å². The number of guanidine groups is 1. The van der Waals surface area contributed by atoms with Crippen molar-refractivity contribution in [2.24, 2.45) is 15.9 Å². The van der Waals surface area contributed by atoms with Crippen LogP contribution in [0.3, 0.4) is 0 Å². The van der Waals surface area contributed by atoms with Gasteiger partial charge in [0.25, 0.3) is 5.96 Å². The lowest BCUT2D eigenvalue weighted by Crippen LogP contribution is -2.36. The highest BCUT2D eigenvalue weighted by atomic mass is 16.7. The number of rotatable bonds is 3. The van der Waals surface area contributed by atoms with Crippen LogP contribution in [0.1, 0.15) is 5.56 Å². The lowest BCUT2D eigenvalue weighted by Gasteiger charge is -1.88. The maximum Gasteiger partial charge on any atom is 0.362 e. The molecule has 0 saturated carbocycles. The topological polar surface area (TPSA) is 116 Å². The number of nitrogens with zero attached hydrogens (tertiary/aromatic N) is 4. The Hall–Kier alpha value is -2.51. The predicted octanol–water partition coefficient (Wildman–Crippen LogP) is -0.597. The minimum Gasteiger partial charge on any atom is -0.364 e. The molecular formula is C7H9N6O2+. The first kappa shape index (κ1) is 10.6. The Bertz CT molecular complexity index is 388. The summed E-state index contributed by atoms with van der Waals surface area (Å²) in [6.07, 6.45) is 4.61. The summed E-state index contributed by atoms with van der Waals surface area (Å²) in [5, 5.41) is 14.6. The van der Waals surface area contributed by atoms with Gasteiger partial charge in [-0.05, 0) is 23.1 Å². The second-order valence-corrected chi connectivity index (χ2v) is 2.40. The SMILES string of the molecule is NC(=NN=Cc1ccncc1)N[N+](=O)O. The predicted molar refractivity (Wildman–Crippen MR) is 52.0 cm³/mol. The van der Waals surface area contributed by atoms with Crippen LogP contribution in [0.25, 0.3) is 0 Å². The van der Waals surface area contributed by atoms with Gasteiger partial charge in [0.2, 0.25) is 0 Å². The fourth-order valence-electron chi connectivity index (χ4n) is 0.728. The zero-order valence-corrected chi connectivity index (χ0v) is 7.61. The van der Waals surface area contributed by atoms with E-state index < -0.39 is 5.03 Å². The van der Waals surface area contributed by atoms with Gasteiger partial charge >= 0.3 is 5.03 Å². The Kier molecular flexibility index (Phi) is 3.71. The average molecular weight is 209 g/mol. The maximum absolute atomic E-state index is 10.0. The quantitative estimate of drug-likeness (QED) is 0.349. The van der Waals surface area contributed by atoms with Gasteiger partial charge in [-0.1, -0.05) is 0 Å². The highest BCUT2D eigenvalue weighted by Gasteiger charge is 2.03. The van der Waals surface area contributed by atoms with Crippen LogP contribution < -0.4 is 11.2 Å². The summed E-state index contributed by atoms with van der Waals surface area (Å²) in [5.74, 6) is -0.321. The van der Waals surface area contributed by atoms with Gasteiger partial charge in [0.05, 0.1) is 6.21 Å². The molecule has 0 bridgehead atoms. The summed E-state index contributed by atoms with van der Waals surface area (Å²) in [7, 11) is 0. The molecular weight excluding hydrogens is 200 g/mol. The summed E-state index contributed by atoms with van der Waals surface area (Å²) >= 11 is 0. The first-order valence-corrected chi connectivity index (χ1v) is 3.88. The summed E-state index contributed by atoms with van der Waals surface area (Å²) in [6.45, 7) is 0. The van der Waals surface area contributed by atoms with Crippen molar-refractivity contribution in [2.75, 3.05) is 0 Å². The van der Waals surface area contributed by atoms with Crippen molar-refractivity contribution in [3.05, 3.63) is 35.0 Å². The molecule has 8 nitrogen and oxygen atoms in total. The molecule has 0 fully saturated rings. The van der Waals surface area contributed by atoms with E-state index in [0.717, 1.165) is 5.56 Å². The Balaban J connectivity index is 2.56. The van der Waals surface area contributed by atoms with E-state index in [2.05, 4.69) is 15.2 Å². The average Bonchev–Trinajstić information content (AvgIpc) is 2.18. The van der Waals surface area contributed by atoms with Crippen LogP contribution in [-0.2, 0) is 0 Å². The standard InChI is InChI=1S/C7H9N6O2/c8-7(12-13(14)15)11-10-5-6-1-3-9-4-2-6/h1-5H,(H,14,15)(H3,8,11,12)/q+1. The van der Waals surface area contributed by atoms with Crippen LogP contribution in [-0.4, -0.2) is 27.4 Å². The molecule has 1 aromatic rings. The van der Waals surface area contributed by atoms with Gasteiger partial charge in [-0.15, -0.1) is 5.10 Å². The second-order valence-electron chi connectivity index (χ2n) is 2.40. The molecule has 1 rings (SSSR count). The molecule has 8 heteroatoms. The van der Waals surface area contributed by atoms with Crippen molar-refractivity contribution in [3.8, 4) is 0 Å². The van der Waals surface area contributed by atoms with Crippen molar-refractivity contribution in [1.82, 2.24) is 10.4 Å². The summed E-state index contributed by atoms with van der Waals surface area (Å²) < 4.78 is 0. The Morgan fingerprint density at radius 2 is 2.27 bits per heavy atom. The molecule has 0 atom stereocenters. The molecule has 0 spiro atoms. The fourth-order valence-corrected chi connectivity index (χ4v) is 0.728. The molecule has 0 saturated heterocycles. The van der Waals surface area contributed by atoms with E-state index in [1.807, 2.05) is 0 Å². The zero-order chi connectivity index (χ0) is 11.1. The summed E-state index contributed by atoms with van der Waals surface area (Å²) in [6, 6.07) is 3.43. The zero-order valence-electron chi connectivity index (χ0n) is 7.61. The lowest BCUT2D eigenvalue weighted by molar-refractivity contribution is -0.822. The molecule has 1 aromatic heterocycles. The number of hydrogen-bond acceptors (Lipinski definition) is 4. The molecule has 4 N–H and O–H groups in total. The number of hydrogen-bond donors (Lipinski definition) is 3. The van der Waals surface area contributed by atoms with Crippen LogP contribution in [0.4, 0.5) is 0 Å². The molecule has 0 radical (unpaired) electrons.